The van der Waals surface area contributed by atoms with Gasteiger partial charge in [0.25, 0.3) is 0 Å². The molecule has 0 heterocycles. The van der Waals surface area contributed by atoms with Crippen LogP contribution in [-0.2, 0) is 0 Å². The minimum Gasteiger partial charge on any atom is -0.458 e. The lowest BCUT2D eigenvalue weighted by Gasteiger charge is -2.12. The zero-order valence-electron chi connectivity index (χ0n) is 7.15. The summed E-state index contributed by atoms with van der Waals surface area (Å²) in [6.45, 7) is -4.12. The molecule has 15 heavy (non-hydrogen) atoms. The van der Waals surface area contributed by atoms with E-state index in [0.717, 1.165) is 0 Å². The van der Waals surface area contributed by atoms with E-state index in [-0.39, 0.29) is 11.5 Å². The van der Waals surface area contributed by atoms with Gasteiger partial charge in [-0.15, -0.1) is 0 Å². The first-order valence-corrected chi connectivity index (χ1v) is 5.25. The van der Waals surface area contributed by atoms with Crippen molar-refractivity contribution in [1.82, 2.24) is 0 Å². The van der Waals surface area contributed by atoms with Crippen LogP contribution in [0, 0.1) is 0 Å². The molecule has 1 rings (SSSR count). The molecule has 0 amide bonds. The molecule has 0 atom stereocenters. The Bertz CT molecular complexity index is 347. The molecule has 84 valence electrons. The zero-order valence-corrected chi connectivity index (χ0v) is 10.3. The van der Waals surface area contributed by atoms with Crippen molar-refractivity contribution in [3.63, 3.8) is 0 Å². The molecule has 0 spiro atoms. The molecule has 0 bridgehead atoms. The highest BCUT2D eigenvalue weighted by molar-refractivity contribution is 9.11. The molecule has 0 aromatic heterocycles. The molecule has 1 aromatic rings. The quantitative estimate of drug-likeness (QED) is 0.814. The van der Waals surface area contributed by atoms with E-state index < -0.39 is 13.5 Å². The van der Waals surface area contributed by atoms with Crippen LogP contribution in [0.25, 0.3) is 0 Å². The smallest absolute Gasteiger partial charge is 0.387 e. The zero-order chi connectivity index (χ0) is 11.4. The largest absolute Gasteiger partial charge is 0.458 e. The van der Waals surface area contributed by atoms with Crippen LogP contribution in [0.1, 0.15) is 0 Å². The highest BCUT2D eigenvalue weighted by Gasteiger charge is 2.15. The third-order valence-corrected chi connectivity index (χ3v) is 2.44. The fourth-order valence-electron chi connectivity index (χ4n) is 0.915. The van der Waals surface area contributed by atoms with Crippen molar-refractivity contribution in [2.75, 3.05) is 6.86 Å². The SMILES string of the molecule is FCOc1c(Br)cc(Br)cc1OC(F)F. The highest BCUT2D eigenvalue weighted by Crippen LogP contribution is 2.39. The van der Waals surface area contributed by atoms with Gasteiger partial charge in [-0.2, -0.15) is 8.78 Å². The number of halogens is 5. The van der Waals surface area contributed by atoms with Crippen LogP contribution in [0.4, 0.5) is 13.2 Å². The molecule has 0 aliphatic carbocycles. The van der Waals surface area contributed by atoms with Gasteiger partial charge in [-0.3, -0.25) is 0 Å². The van der Waals surface area contributed by atoms with Crippen molar-refractivity contribution < 1.29 is 22.6 Å². The van der Waals surface area contributed by atoms with Crippen molar-refractivity contribution in [2.45, 2.75) is 6.61 Å². The summed E-state index contributed by atoms with van der Waals surface area (Å²) in [5, 5.41) is 0. The number of hydrogen-bond donors (Lipinski definition) is 0. The van der Waals surface area contributed by atoms with Gasteiger partial charge in [0.1, 0.15) is 0 Å². The molecule has 1 aromatic carbocycles. The molecule has 0 aliphatic rings. The molecule has 2 nitrogen and oxygen atoms in total. The van der Waals surface area contributed by atoms with Gasteiger partial charge in [-0.25, -0.2) is 4.39 Å². The lowest BCUT2D eigenvalue weighted by Crippen LogP contribution is -2.04. The molecule has 0 unspecified atom stereocenters. The summed E-state index contributed by atoms with van der Waals surface area (Å²) < 4.78 is 45.5. The van der Waals surface area contributed by atoms with Gasteiger partial charge in [0.15, 0.2) is 11.5 Å². The topological polar surface area (TPSA) is 18.5 Å². The summed E-state index contributed by atoms with van der Waals surface area (Å²) >= 11 is 6.13. The van der Waals surface area contributed by atoms with E-state index in [9.17, 15) is 13.2 Å². The summed E-state index contributed by atoms with van der Waals surface area (Å²) in [6.07, 6.45) is 0. The second-order valence-corrected chi connectivity index (χ2v) is 4.12. The minimum absolute atomic E-state index is 0.0963. The van der Waals surface area contributed by atoms with Gasteiger partial charge in [0.05, 0.1) is 4.47 Å². The van der Waals surface area contributed by atoms with Gasteiger partial charge < -0.3 is 9.47 Å². The van der Waals surface area contributed by atoms with Gasteiger partial charge in [0.2, 0.25) is 6.86 Å². The van der Waals surface area contributed by atoms with Crippen LogP contribution in [-0.4, -0.2) is 13.5 Å². The predicted molar refractivity (Wildman–Crippen MR) is 55.1 cm³/mol. The first kappa shape index (κ1) is 12.6. The van der Waals surface area contributed by atoms with Crippen molar-refractivity contribution >= 4 is 31.9 Å². The van der Waals surface area contributed by atoms with Gasteiger partial charge in [-0.1, -0.05) is 15.9 Å². The summed E-state index contributed by atoms with van der Waals surface area (Å²) in [5.74, 6) is -0.329. The van der Waals surface area contributed by atoms with Crippen LogP contribution < -0.4 is 9.47 Å². The Balaban J connectivity index is 3.08. The molecule has 0 saturated heterocycles. The molecule has 0 N–H and O–H groups in total. The van der Waals surface area contributed by atoms with Crippen LogP contribution in [0.15, 0.2) is 21.1 Å². The minimum atomic E-state index is -2.99. The average molecular weight is 350 g/mol. The maximum Gasteiger partial charge on any atom is 0.387 e. The van der Waals surface area contributed by atoms with Crippen LogP contribution in [0.3, 0.4) is 0 Å². The monoisotopic (exact) mass is 348 g/mol. The Morgan fingerprint density at radius 3 is 2.47 bits per heavy atom. The van der Waals surface area contributed by atoms with E-state index in [1.54, 1.807) is 0 Å². The number of alkyl halides is 3. The van der Waals surface area contributed by atoms with Crippen molar-refractivity contribution in [3.8, 4) is 11.5 Å². The first-order valence-electron chi connectivity index (χ1n) is 3.67. The van der Waals surface area contributed by atoms with Crippen molar-refractivity contribution in [2.24, 2.45) is 0 Å². The van der Waals surface area contributed by atoms with Gasteiger partial charge in [-0.05, 0) is 28.1 Å². The number of hydrogen-bond acceptors (Lipinski definition) is 2. The molecule has 0 saturated carbocycles. The standard InChI is InChI=1S/C8H5Br2F3O2/c9-4-1-5(10)7(14-3-11)6(2-4)15-8(12)13/h1-2,8H,3H2. The number of rotatable bonds is 4. The van der Waals surface area contributed by atoms with Crippen LogP contribution in [0.2, 0.25) is 0 Å². The van der Waals surface area contributed by atoms with Crippen molar-refractivity contribution in [1.29, 1.82) is 0 Å². The van der Waals surface area contributed by atoms with Gasteiger partial charge >= 0.3 is 6.61 Å². The highest BCUT2D eigenvalue weighted by atomic mass is 79.9. The third kappa shape index (κ3) is 3.57. The summed E-state index contributed by atoms with van der Waals surface area (Å²) in [4.78, 5) is 0. The van der Waals surface area contributed by atoms with E-state index >= 15 is 0 Å². The number of benzene rings is 1. The normalized spacial score (nSPS) is 10.5. The summed E-state index contributed by atoms with van der Waals surface area (Å²) in [7, 11) is 0. The molecule has 0 radical (unpaired) electrons. The fraction of sp³-hybridized carbons (Fsp3) is 0.250. The Morgan fingerprint density at radius 2 is 1.93 bits per heavy atom. The summed E-state index contributed by atoms with van der Waals surface area (Å²) in [5.41, 5.74) is 0. The molecular formula is C8H5Br2F3O2. The number of ether oxygens (including phenoxy) is 2. The van der Waals surface area contributed by atoms with Crippen LogP contribution in [0.5, 0.6) is 11.5 Å². The van der Waals surface area contributed by atoms with E-state index in [2.05, 4.69) is 41.3 Å². The Kier molecular flexibility index (Phi) is 4.72. The lowest BCUT2D eigenvalue weighted by molar-refractivity contribution is -0.0521. The molecule has 7 heteroatoms. The van der Waals surface area contributed by atoms with Gasteiger partial charge in [0, 0.05) is 4.47 Å². The maximum atomic E-state index is 12.0. The van der Waals surface area contributed by atoms with Crippen LogP contribution >= 0.6 is 31.9 Å². The Labute approximate surface area is 101 Å². The Morgan fingerprint density at radius 1 is 1.27 bits per heavy atom. The third-order valence-electron chi connectivity index (χ3n) is 1.39. The second kappa shape index (κ2) is 5.60. The van der Waals surface area contributed by atoms with E-state index in [1.165, 1.54) is 12.1 Å². The second-order valence-electron chi connectivity index (χ2n) is 2.35. The molecular weight excluding hydrogens is 345 g/mol. The van der Waals surface area contributed by atoms with Crippen molar-refractivity contribution in [3.05, 3.63) is 21.1 Å². The lowest BCUT2D eigenvalue weighted by atomic mass is 10.3. The average Bonchev–Trinajstić information content (AvgIpc) is 2.10. The summed E-state index contributed by atoms with van der Waals surface area (Å²) in [6, 6.07) is 2.80. The fourth-order valence-corrected chi connectivity index (χ4v) is 2.22. The predicted octanol–water partition coefficient (Wildman–Crippen LogP) is 4.12. The molecule has 0 fully saturated rings. The Hall–Kier alpha value is -0.430. The maximum absolute atomic E-state index is 12.0. The first-order chi connectivity index (χ1) is 7.04. The van der Waals surface area contributed by atoms with E-state index in [0.29, 0.717) is 8.95 Å². The van der Waals surface area contributed by atoms with E-state index in [4.69, 9.17) is 0 Å². The molecule has 0 aliphatic heterocycles. The van der Waals surface area contributed by atoms with E-state index in [1.807, 2.05) is 0 Å².